The van der Waals surface area contributed by atoms with Crippen LogP contribution >= 0.6 is 11.6 Å². The van der Waals surface area contributed by atoms with E-state index in [2.05, 4.69) is 5.32 Å². The molecule has 2 atom stereocenters. The van der Waals surface area contributed by atoms with Gasteiger partial charge in [0.2, 0.25) is 5.91 Å². The van der Waals surface area contributed by atoms with Crippen molar-refractivity contribution >= 4 is 17.5 Å². The van der Waals surface area contributed by atoms with Gasteiger partial charge in [-0.1, -0.05) is 23.7 Å². The Morgan fingerprint density at radius 2 is 2.44 bits per heavy atom. The van der Waals surface area contributed by atoms with Gasteiger partial charge in [0.05, 0.1) is 17.7 Å². The van der Waals surface area contributed by atoms with Crippen LogP contribution in [0.15, 0.2) is 18.2 Å². The molecule has 0 saturated carbocycles. The van der Waals surface area contributed by atoms with Crippen molar-refractivity contribution in [2.75, 3.05) is 6.61 Å². The van der Waals surface area contributed by atoms with Gasteiger partial charge in [-0.15, -0.1) is 0 Å². The van der Waals surface area contributed by atoms with E-state index in [1.807, 2.05) is 19.1 Å². The number of nitrogens with two attached hydrogens (primary N) is 1. The Kier molecular flexibility index (Phi) is 4.09. The topological polar surface area (TPSA) is 64.4 Å². The molecule has 1 amide bonds. The Hall–Kier alpha value is -1.26. The lowest BCUT2D eigenvalue weighted by atomic mass is 10.00. The summed E-state index contributed by atoms with van der Waals surface area (Å²) in [6, 6.07) is 5.40. The fourth-order valence-corrected chi connectivity index (χ4v) is 2.32. The van der Waals surface area contributed by atoms with Gasteiger partial charge in [-0.05, 0) is 13.0 Å². The van der Waals surface area contributed by atoms with Gasteiger partial charge >= 0.3 is 0 Å². The highest BCUT2D eigenvalue weighted by atomic mass is 35.5. The monoisotopic (exact) mass is 268 g/mol. The molecule has 1 aliphatic heterocycles. The molecule has 2 rings (SSSR count). The molecule has 18 heavy (non-hydrogen) atoms. The first-order valence-corrected chi connectivity index (χ1v) is 6.42. The van der Waals surface area contributed by atoms with Crippen LogP contribution in [-0.4, -0.2) is 18.6 Å². The molecule has 0 saturated heterocycles. The molecule has 0 aromatic heterocycles. The van der Waals surface area contributed by atoms with E-state index in [1.54, 1.807) is 6.07 Å². The lowest BCUT2D eigenvalue weighted by Gasteiger charge is -2.27. The fourth-order valence-electron chi connectivity index (χ4n) is 2.08. The Bertz CT molecular complexity index is 449. The zero-order valence-corrected chi connectivity index (χ0v) is 11.0. The highest BCUT2D eigenvalue weighted by Gasteiger charge is 2.24. The molecule has 1 aromatic rings. The van der Waals surface area contributed by atoms with Crippen LogP contribution in [0.25, 0.3) is 0 Å². The van der Waals surface area contributed by atoms with Crippen LogP contribution in [0.5, 0.6) is 5.75 Å². The van der Waals surface area contributed by atoms with Crippen LogP contribution in [0.4, 0.5) is 0 Å². The molecule has 5 heteroatoms. The van der Waals surface area contributed by atoms with E-state index in [0.29, 0.717) is 23.8 Å². The first-order chi connectivity index (χ1) is 8.58. The first-order valence-electron chi connectivity index (χ1n) is 6.04. The highest BCUT2D eigenvalue weighted by Crippen LogP contribution is 2.37. The van der Waals surface area contributed by atoms with Crippen molar-refractivity contribution in [3.8, 4) is 5.75 Å². The van der Waals surface area contributed by atoms with Crippen molar-refractivity contribution in [1.82, 2.24) is 5.32 Å². The SMILES string of the molecule is CC(N)CC(=O)NC1CCOc2c(Cl)cccc21. The lowest BCUT2D eigenvalue weighted by molar-refractivity contribution is -0.122. The van der Waals surface area contributed by atoms with Gasteiger partial charge in [0.25, 0.3) is 0 Å². The molecule has 1 aromatic carbocycles. The van der Waals surface area contributed by atoms with Crippen molar-refractivity contribution in [1.29, 1.82) is 0 Å². The van der Waals surface area contributed by atoms with E-state index in [4.69, 9.17) is 22.1 Å². The van der Waals surface area contributed by atoms with Gasteiger partial charge in [0, 0.05) is 24.4 Å². The predicted octanol–water partition coefficient (Wildman–Crippen LogP) is 2.02. The third kappa shape index (κ3) is 2.94. The molecule has 1 heterocycles. The Morgan fingerprint density at radius 3 is 3.17 bits per heavy atom. The zero-order valence-electron chi connectivity index (χ0n) is 10.3. The van der Waals surface area contributed by atoms with Crippen LogP contribution in [0.3, 0.4) is 0 Å². The van der Waals surface area contributed by atoms with Crippen molar-refractivity contribution in [3.05, 3.63) is 28.8 Å². The average molecular weight is 269 g/mol. The molecule has 0 aliphatic carbocycles. The third-order valence-corrected chi connectivity index (χ3v) is 3.17. The predicted molar refractivity (Wildman–Crippen MR) is 70.7 cm³/mol. The smallest absolute Gasteiger partial charge is 0.222 e. The number of halogens is 1. The second-order valence-electron chi connectivity index (χ2n) is 4.60. The standard InChI is InChI=1S/C13H17ClN2O2/c1-8(15)7-12(17)16-11-5-6-18-13-9(11)3-2-4-10(13)14/h2-4,8,11H,5-7,15H2,1H3,(H,16,17). The summed E-state index contributed by atoms with van der Waals surface area (Å²) in [7, 11) is 0. The molecule has 98 valence electrons. The van der Waals surface area contributed by atoms with Gasteiger partial charge in [-0.2, -0.15) is 0 Å². The summed E-state index contributed by atoms with van der Waals surface area (Å²) in [4.78, 5) is 11.8. The molecule has 3 N–H and O–H groups in total. The maximum Gasteiger partial charge on any atom is 0.222 e. The summed E-state index contributed by atoms with van der Waals surface area (Å²) in [5.41, 5.74) is 6.55. The van der Waals surface area contributed by atoms with Crippen molar-refractivity contribution in [3.63, 3.8) is 0 Å². The summed E-state index contributed by atoms with van der Waals surface area (Å²) in [6.07, 6.45) is 1.07. The van der Waals surface area contributed by atoms with Gasteiger partial charge in [0.1, 0.15) is 5.75 Å². The van der Waals surface area contributed by atoms with E-state index < -0.39 is 0 Å². The van der Waals surface area contributed by atoms with Crippen molar-refractivity contribution in [2.24, 2.45) is 5.73 Å². The quantitative estimate of drug-likeness (QED) is 0.881. The van der Waals surface area contributed by atoms with E-state index in [9.17, 15) is 4.79 Å². The molecule has 1 aliphatic rings. The number of rotatable bonds is 3. The highest BCUT2D eigenvalue weighted by molar-refractivity contribution is 6.32. The van der Waals surface area contributed by atoms with E-state index in [1.165, 1.54) is 0 Å². The van der Waals surface area contributed by atoms with E-state index >= 15 is 0 Å². The Morgan fingerprint density at radius 1 is 1.67 bits per heavy atom. The molecule has 0 radical (unpaired) electrons. The van der Waals surface area contributed by atoms with Crippen LogP contribution in [-0.2, 0) is 4.79 Å². The van der Waals surface area contributed by atoms with Gasteiger partial charge in [0.15, 0.2) is 0 Å². The van der Waals surface area contributed by atoms with Gasteiger partial charge in [-0.25, -0.2) is 0 Å². The van der Waals surface area contributed by atoms with Crippen molar-refractivity contribution < 1.29 is 9.53 Å². The van der Waals surface area contributed by atoms with Crippen LogP contribution in [0.2, 0.25) is 5.02 Å². The van der Waals surface area contributed by atoms with Gasteiger partial charge in [-0.3, -0.25) is 4.79 Å². The van der Waals surface area contributed by atoms with E-state index in [0.717, 1.165) is 12.0 Å². The van der Waals surface area contributed by atoms with Crippen LogP contribution in [0, 0.1) is 0 Å². The zero-order chi connectivity index (χ0) is 13.1. The normalized spacial score (nSPS) is 19.6. The number of amides is 1. The summed E-state index contributed by atoms with van der Waals surface area (Å²) in [6.45, 7) is 2.37. The summed E-state index contributed by atoms with van der Waals surface area (Å²) in [5, 5.41) is 3.56. The molecular formula is C13H17ClN2O2. The summed E-state index contributed by atoms with van der Waals surface area (Å²) < 4.78 is 5.54. The fraction of sp³-hybridized carbons (Fsp3) is 0.462. The number of hydrogen-bond acceptors (Lipinski definition) is 3. The maximum absolute atomic E-state index is 11.8. The third-order valence-electron chi connectivity index (χ3n) is 2.87. The minimum absolute atomic E-state index is 0.0391. The summed E-state index contributed by atoms with van der Waals surface area (Å²) in [5.74, 6) is 0.638. The number of fused-ring (bicyclic) bond motifs is 1. The van der Waals surface area contributed by atoms with Crippen molar-refractivity contribution in [2.45, 2.75) is 31.8 Å². The number of nitrogens with one attached hydrogen (secondary N) is 1. The first kappa shape index (κ1) is 13.2. The maximum atomic E-state index is 11.8. The number of ether oxygens (including phenoxy) is 1. The lowest BCUT2D eigenvalue weighted by Crippen LogP contribution is -2.35. The number of para-hydroxylation sites is 1. The minimum atomic E-state index is -0.135. The van der Waals surface area contributed by atoms with E-state index in [-0.39, 0.29) is 18.0 Å². The van der Waals surface area contributed by atoms with Crippen LogP contribution < -0.4 is 15.8 Å². The largest absolute Gasteiger partial charge is 0.492 e. The van der Waals surface area contributed by atoms with Crippen LogP contribution in [0.1, 0.15) is 31.4 Å². The van der Waals surface area contributed by atoms with Gasteiger partial charge < -0.3 is 15.8 Å². The second kappa shape index (κ2) is 5.59. The second-order valence-corrected chi connectivity index (χ2v) is 5.00. The molecule has 0 bridgehead atoms. The molecular weight excluding hydrogens is 252 g/mol. The number of carbonyl (C=O) groups is 1. The Balaban J connectivity index is 2.13. The number of hydrogen-bond donors (Lipinski definition) is 2. The molecule has 4 nitrogen and oxygen atoms in total. The number of carbonyl (C=O) groups excluding carboxylic acids is 1. The molecule has 2 unspecified atom stereocenters. The minimum Gasteiger partial charge on any atom is -0.492 e. The molecule has 0 fully saturated rings. The average Bonchev–Trinajstić information content (AvgIpc) is 2.29. The number of benzene rings is 1. The Labute approximate surface area is 111 Å². The molecule has 0 spiro atoms. The summed E-state index contributed by atoms with van der Waals surface area (Å²) >= 11 is 6.07.